The van der Waals surface area contributed by atoms with Gasteiger partial charge in [0.15, 0.2) is 28.1 Å². The molecular formula is C38H67IO6Si2. The summed E-state index contributed by atoms with van der Waals surface area (Å²) in [5, 5.41) is 0.135. The quantitative estimate of drug-likeness (QED) is 0.0504. The molecule has 0 aliphatic heterocycles. The first-order chi connectivity index (χ1) is 22.1. The molecule has 0 unspecified atom stereocenters. The first-order valence-corrected chi connectivity index (χ1v) is 24.0. The zero-order valence-corrected chi connectivity index (χ0v) is 36.2. The zero-order valence-electron chi connectivity index (χ0n) is 32.1. The Bertz CT molecular complexity index is 1120. The average Bonchev–Trinajstić information content (AvgIpc) is 3.03. The van der Waals surface area contributed by atoms with Crippen LogP contribution in [0.5, 0.6) is 11.5 Å². The Hall–Kier alpha value is -0.956. The van der Waals surface area contributed by atoms with Gasteiger partial charge in [-0.2, -0.15) is 0 Å². The molecular weight excluding hydrogens is 735 g/mol. The minimum absolute atomic E-state index is 0.00355. The van der Waals surface area contributed by atoms with Crippen molar-refractivity contribution in [1.82, 2.24) is 0 Å². The van der Waals surface area contributed by atoms with E-state index in [9.17, 15) is 0 Å². The Balaban J connectivity index is 3.28. The number of hydrogen-bond donors (Lipinski definition) is 0. The van der Waals surface area contributed by atoms with Crippen molar-refractivity contribution >= 4 is 39.2 Å². The van der Waals surface area contributed by atoms with E-state index in [1.165, 1.54) is 5.57 Å². The van der Waals surface area contributed by atoms with Gasteiger partial charge in [0, 0.05) is 18.9 Å². The predicted molar refractivity (Wildman–Crippen MR) is 213 cm³/mol. The van der Waals surface area contributed by atoms with Crippen LogP contribution in [-0.2, 0) is 24.9 Å². The highest BCUT2D eigenvalue weighted by molar-refractivity contribution is 14.1. The molecule has 1 aromatic carbocycles. The molecule has 47 heavy (non-hydrogen) atoms. The van der Waals surface area contributed by atoms with Gasteiger partial charge in [-0.15, -0.1) is 0 Å². The van der Waals surface area contributed by atoms with E-state index in [1.54, 1.807) is 14.2 Å². The molecule has 0 aliphatic rings. The molecule has 0 bridgehead atoms. The third kappa shape index (κ3) is 14.1. The summed E-state index contributed by atoms with van der Waals surface area (Å²) in [6, 6.07) is 9.22. The molecule has 0 fully saturated rings. The summed E-state index contributed by atoms with van der Waals surface area (Å²) in [6.45, 7) is 26.2. The van der Waals surface area contributed by atoms with E-state index in [4.69, 9.17) is 27.8 Å². The van der Waals surface area contributed by atoms with E-state index in [-0.39, 0.29) is 35.2 Å². The number of hydrogen-bond acceptors (Lipinski definition) is 6. The normalized spacial score (nSPS) is 16.8. The van der Waals surface area contributed by atoms with E-state index in [0.29, 0.717) is 24.7 Å². The molecule has 5 atom stereocenters. The van der Waals surface area contributed by atoms with Gasteiger partial charge in [-0.25, -0.2) is 0 Å². The minimum Gasteiger partial charge on any atom is -0.493 e. The monoisotopic (exact) mass is 802 g/mol. The van der Waals surface area contributed by atoms with E-state index >= 15 is 0 Å². The summed E-state index contributed by atoms with van der Waals surface area (Å²) in [5.74, 6) is 1.72. The Morgan fingerprint density at radius 2 is 1.53 bits per heavy atom. The summed E-state index contributed by atoms with van der Waals surface area (Å²) in [5.41, 5.74) is 2.31. The highest BCUT2D eigenvalue weighted by atomic mass is 127. The van der Waals surface area contributed by atoms with E-state index in [0.717, 1.165) is 30.1 Å². The van der Waals surface area contributed by atoms with Crippen LogP contribution in [0.25, 0.3) is 0 Å². The summed E-state index contributed by atoms with van der Waals surface area (Å²) >= 11 is 2.25. The Morgan fingerprint density at radius 1 is 0.915 bits per heavy atom. The molecule has 6 nitrogen and oxygen atoms in total. The van der Waals surface area contributed by atoms with Crippen molar-refractivity contribution in [1.29, 1.82) is 0 Å². The predicted octanol–water partition coefficient (Wildman–Crippen LogP) is 11.1. The smallest absolute Gasteiger partial charge is 0.192 e. The van der Waals surface area contributed by atoms with Crippen LogP contribution in [0.1, 0.15) is 74.3 Å². The van der Waals surface area contributed by atoms with Crippen molar-refractivity contribution in [3.63, 3.8) is 0 Å². The van der Waals surface area contributed by atoms with E-state index in [2.05, 4.69) is 122 Å². The second kappa shape index (κ2) is 21.3. The van der Waals surface area contributed by atoms with Crippen LogP contribution < -0.4 is 9.47 Å². The lowest BCUT2D eigenvalue weighted by Gasteiger charge is -2.41. The number of allylic oxidation sites excluding steroid dienone is 2. The highest BCUT2D eigenvalue weighted by Gasteiger charge is 2.40. The fraction of sp³-hybridized carbons (Fsp3) is 0.684. The third-order valence-corrected chi connectivity index (χ3v) is 19.6. The average molecular weight is 803 g/mol. The summed E-state index contributed by atoms with van der Waals surface area (Å²) < 4.78 is 39.6. The van der Waals surface area contributed by atoms with Crippen LogP contribution in [-0.4, -0.2) is 62.9 Å². The van der Waals surface area contributed by atoms with Crippen LogP contribution in [0.4, 0.5) is 0 Å². The van der Waals surface area contributed by atoms with Gasteiger partial charge in [0.05, 0.1) is 45.7 Å². The third-order valence-electron chi connectivity index (χ3n) is 10.0. The maximum atomic E-state index is 7.27. The molecule has 270 valence electrons. The molecule has 0 radical (unpaired) electrons. The van der Waals surface area contributed by atoms with E-state index < -0.39 is 16.6 Å². The van der Waals surface area contributed by atoms with Gasteiger partial charge in [-0.05, 0) is 71.4 Å². The molecule has 0 aliphatic carbocycles. The topological polar surface area (TPSA) is 55.4 Å². The molecule has 0 N–H and O–H groups in total. The van der Waals surface area contributed by atoms with Crippen molar-refractivity contribution in [2.75, 3.05) is 27.9 Å². The van der Waals surface area contributed by atoms with Crippen molar-refractivity contribution in [3.8, 4) is 11.5 Å². The lowest BCUT2D eigenvalue weighted by molar-refractivity contribution is -0.0262. The lowest BCUT2D eigenvalue weighted by Crippen LogP contribution is -2.47. The van der Waals surface area contributed by atoms with Gasteiger partial charge in [0.2, 0.25) is 0 Å². The molecule has 9 heteroatoms. The number of methoxy groups -OCH3 is 3. The van der Waals surface area contributed by atoms with Gasteiger partial charge in [0.1, 0.15) is 0 Å². The number of rotatable bonds is 22. The first kappa shape index (κ1) is 44.1. The van der Waals surface area contributed by atoms with Crippen LogP contribution >= 0.6 is 22.6 Å². The summed E-state index contributed by atoms with van der Waals surface area (Å²) in [7, 11) is 1.25. The van der Waals surface area contributed by atoms with Crippen LogP contribution in [0, 0.1) is 11.8 Å². The van der Waals surface area contributed by atoms with Gasteiger partial charge in [0.25, 0.3) is 0 Å². The minimum atomic E-state index is -1.96. The van der Waals surface area contributed by atoms with Crippen LogP contribution in [0.15, 0.2) is 52.2 Å². The number of ether oxygens (including phenoxy) is 4. The van der Waals surface area contributed by atoms with Gasteiger partial charge >= 0.3 is 0 Å². The molecule has 0 saturated carbocycles. The molecule has 0 aromatic heterocycles. The maximum Gasteiger partial charge on any atom is 0.192 e. The Labute approximate surface area is 304 Å². The fourth-order valence-electron chi connectivity index (χ4n) is 5.68. The van der Waals surface area contributed by atoms with Crippen molar-refractivity contribution in [3.05, 3.63) is 57.7 Å². The Kier molecular flexibility index (Phi) is 20.0. The van der Waals surface area contributed by atoms with E-state index in [1.807, 2.05) is 29.4 Å². The zero-order chi connectivity index (χ0) is 35.8. The van der Waals surface area contributed by atoms with Gasteiger partial charge < -0.3 is 27.8 Å². The first-order valence-electron chi connectivity index (χ1n) is 17.3. The number of halogens is 1. The summed E-state index contributed by atoms with van der Waals surface area (Å²) in [4.78, 5) is 0. The molecule has 1 rings (SSSR count). The van der Waals surface area contributed by atoms with Crippen molar-refractivity contribution in [2.24, 2.45) is 11.8 Å². The maximum absolute atomic E-state index is 7.27. The van der Waals surface area contributed by atoms with Gasteiger partial charge in [-0.1, -0.05) is 114 Å². The molecule has 0 heterocycles. The molecule has 0 spiro atoms. The molecule has 1 aromatic rings. The van der Waals surface area contributed by atoms with Gasteiger partial charge in [-0.3, -0.25) is 0 Å². The summed E-state index contributed by atoms with van der Waals surface area (Å²) in [6.07, 6.45) is 9.38. The second-order valence-electron chi connectivity index (χ2n) is 14.4. The Morgan fingerprint density at radius 3 is 2.04 bits per heavy atom. The highest BCUT2D eigenvalue weighted by Crippen LogP contribution is 2.38. The molecule has 0 amide bonds. The van der Waals surface area contributed by atoms with Crippen molar-refractivity contribution < 1.29 is 27.8 Å². The standard InChI is InChI=1S/C38H67IO6Si2/c1-15-47(16-2,17-3)45-37(30(5)27-43-28-32-21-22-34(40-10)36(26-32)42-12)31(6)35(41-11)25-29(4)24-33(20-18-19-23-39)44-46(13,14)38(7,8)9/h18-23,25-26,30-31,33,35,37H,15-17,24,27-28H2,1-14H3/b20-18+,23-19+,29-25+/t30-,31-,33+,35-,37-/m1/s1. The fourth-order valence-corrected chi connectivity index (χ4v) is 10.2. The SMILES string of the molecule is CC[Si](CC)(CC)O[C@@H]([C@H](C)[C@@H](/C=C(\C)C[C@H](/C=C/C=C/I)O[Si](C)(C)C(C)(C)C)OC)[C@H](C)COCc1ccc(OC)c(OC)c1. The molecule has 0 saturated heterocycles. The van der Waals surface area contributed by atoms with Crippen molar-refractivity contribution in [2.45, 2.75) is 130 Å². The number of benzene rings is 1. The lowest BCUT2D eigenvalue weighted by atomic mass is 9.88. The largest absolute Gasteiger partial charge is 0.493 e. The van der Waals surface area contributed by atoms with Crippen LogP contribution in [0.2, 0.25) is 36.3 Å². The van der Waals surface area contributed by atoms with Crippen LogP contribution in [0.3, 0.4) is 0 Å². The second-order valence-corrected chi connectivity index (χ2v) is 24.6.